The molecule has 0 atom stereocenters. The molecule has 9 heteroatoms. The van der Waals surface area contributed by atoms with E-state index in [4.69, 9.17) is 4.52 Å². The third-order valence-electron chi connectivity index (χ3n) is 4.37. The van der Waals surface area contributed by atoms with Crippen molar-refractivity contribution in [3.05, 3.63) is 59.5 Å². The van der Waals surface area contributed by atoms with Crippen LogP contribution in [0.5, 0.6) is 0 Å². The maximum Gasteiger partial charge on any atom is 0.240 e. The summed E-state index contributed by atoms with van der Waals surface area (Å²) in [6.45, 7) is 3.69. The molecule has 0 bridgehead atoms. The third kappa shape index (κ3) is 5.07. The van der Waals surface area contributed by atoms with Crippen molar-refractivity contribution in [1.82, 2.24) is 14.9 Å². The lowest BCUT2D eigenvalue weighted by Crippen LogP contribution is -2.20. The van der Waals surface area contributed by atoms with E-state index < -0.39 is 10.0 Å². The molecule has 29 heavy (non-hydrogen) atoms. The molecule has 3 aromatic rings. The lowest BCUT2D eigenvalue weighted by atomic mass is 10.1. The Kier molecular flexibility index (Phi) is 6.09. The minimum absolute atomic E-state index is 0.123. The van der Waals surface area contributed by atoms with Gasteiger partial charge >= 0.3 is 0 Å². The molecule has 1 aromatic heterocycles. The maximum atomic E-state index is 12.2. The number of aromatic nitrogens is 2. The summed E-state index contributed by atoms with van der Waals surface area (Å²) < 4.78 is 31.6. The number of hydrogen-bond donors (Lipinski definition) is 2. The number of sulfonamides is 1. The van der Waals surface area contributed by atoms with Crippen molar-refractivity contribution in [2.45, 2.75) is 31.6 Å². The molecule has 0 saturated carbocycles. The van der Waals surface area contributed by atoms with Gasteiger partial charge in [0.2, 0.25) is 27.6 Å². The number of aryl methyl sites for hydroxylation is 3. The number of nitrogens with one attached hydrogen (secondary N) is 2. The van der Waals surface area contributed by atoms with Gasteiger partial charge in [-0.15, -0.1) is 0 Å². The molecule has 0 aliphatic rings. The molecule has 152 valence electrons. The van der Waals surface area contributed by atoms with E-state index >= 15 is 0 Å². The van der Waals surface area contributed by atoms with Crippen LogP contribution < -0.4 is 10.0 Å². The Labute approximate surface area is 169 Å². The van der Waals surface area contributed by atoms with Gasteiger partial charge in [-0.3, -0.25) is 4.79 Å². The summed E-state index contributed by atoms with van der Waals surface area (Å²) in [5.41, 5.74) is 2.97. The van der Waals surface area contributed by atoms with Gasteiger partial charge in [0, 0.05) is 24.1 Å². The number of rotatable bonds is 7. The lowest BCUT2D eigenvalue weighted by Gasteiger charge is -2.10. The maximum absolute atomic E-state index is 12.2. The molecule has 0 aliphatic carbocycles. The smallest absolute Gasteiger partial charge is 0.240 e. The number of carbonyl (C=O) groups is 1. The van der Waals surface area contributed by atoms with Crippen LogP contribution in [0.1, 0.15) is 23.4 Å². The number of anilines is 1. The van der Waals surface area contributed by atoms with Gasteiger partial charge in [-0.2, -0.15) is 4.98 Å². The first kappa shape index (κ1) is 20.7. The van der Waals surface area contributed by atoms with Crippen molar-refractivity contribution < 1.29 is 17.7 Å². The van der Waals surface area contributed by atoms with Crippen molar-refractivity contribution in [3.63, 3.8) is 0 Å². The molecule has 0 radical (unpaired) electrons. The Bertz CT molecular complexity index is 1120. The second-order valence-electron chi connectivity index (χ2n) is 6.61. The van der Waals surface area contributed by atoms with Crippen LogP contribution in [-0.4, -0.2) is 31.5 Å². The molecule has 0 unspecified atom stereocenters. The fourth-order valence-electron chi connectivity index (χ4n) is 2.70. The van der Waals surface area contributed by atoms with Gasteiger partial charge in [-0.05, 0) is 38.6 Å². The lowest BCUT2D eigenvalue weighted by molar-refractivity contribution is -0.116. The molecule has 8 nitrogen and oxygen atoms in total. The summed E-state index contributed by atoms with van der Waals surface area (Å²) in [6.07, 6.45) is 0.399. The van der Waals surface area contributed by atoms with Gasteiger partial charge in [0.15, 0.2) is 0 Å². The fourth-order valence-corrected chi connectivity index (χ4v) is 3.69. The summed E-state index contributed by atoms with van der Waals surface area (Å²) in [6, 6.07) is 12.5. The normalized spacial score (nSPS) is 11.4. The molecular formula is C20H22N4O4S. The molecule has 1 heterocycles. The average Bonchev–Trinajstić information content (AvgIpc) is 3.17. The van der Waals surface area contributed by atoms with E-state index in [-0.39, 0.29) is 23.6 Å². The van der Waals surface area contributed by atoms with E-state index in [1.807, 2.05) is 31.2 Å². The molecule has 2 N–H and O–H groups in total. The number of carbonyl (C=O) groups excluding carboxylic acids is 1. The number of hydrogen-bond acceptors (Lipinski definition) is 6. The van der Waals surface area contributed by atoms with E-state index in [9.17, 15) is 13.2 Å². The Morgan fingerprint density at radius 1 is 1.10 bits per heavy atom. The summed E-state index contributed by atoms with van der Waals surface area (Å²) in [7, 11) is -2.26. The highest BCUT2D eigenvalue weighted by Gasteiger charge is 2.16. The predicted molar refractivity (Wildman–Crippen MR) is 109 cm³/mol. The third-order valence-corrected chi connectivity index (χ3v) is 5.93. The topological polar surface area (TPSA) is 114 Å². The highest BCUT2D eigenvalue weighted by molar-refractivity contribution is 7.89. The summed E-state index contributed by atoms with van der Waals surface area (Å²) in [4.78, 5) is 16.7. The van der Waals surface area contributed by atoms with Crippen molar-refractivity contribution >= 4 is 21.6 Å². The Morgan fingerprint density at radius 2 is 1.83 bits per heavy atom. The second kappa shape index (κ2) is 8.54. The second-order valence-corrected chi connectivity index (χ2v) is 8.47. The van der Waals surface area contributed by atoms with Crippen LogP contribution in [0.3, 0.4) is 0 Å². The zero-order chi connectivity index (χ0) is 21.0. The molecule has 0 spiro atoms. The minimum Gasteiger partial charge on any atom is -0.339 e. The molecule has 3 rings (SSSR count). The SMILES string of the molecule is CNS(=O)(=O)c1cc(NC(=O)CCc2nc(-c3ccc(C)cc3)no2)ccc1C. The predicted octanol–water partition coefficient (Wildman–Crippen LogP) is 2.83. The quantitative estimate of drug-likeness (QED) is 0.614. The van der Waals surface area contributed by atoms with Crippen molar-refractivity contribution in [3.8, 4) is 11.4 Å². The van der Waals surface area contributed by atoms with Crippen molar-refractivity contribution in [1.29, 1.82) is 0 Å². The van der Waals surface area contributed by atoms with Gasteiger partial charge in [0.05, 0.1) is 4.90 Å². The first-order valence-electron chi connectivity index (χ1n) is 9.02. The molecule has 0 saturated heterocycles. The number of amides is 1. The minimum atomic E-state index is -3.60. The summed E-state index contributed by atoms with van der Waals surface area (Å²) in [5, 5.41) is 6.64. The van der Waals surface area contributed by atoms with Crippen LogP contribution in [0.25, 0.3) is 11.4 Å². The van der Waals surface area contributed by atoms with Gasteiger partial charge in [0.25, 0.3) is 0 Å². The number of benzene rings is 2. The fraction of sp³-hybridized carbons (Fsp3) is 0.250. The van der Waals surface area contributed by atoms with E-state index in [1.54, 1.807) is 19.1 Å². The number of nitrogens with zero attached hydrogens (tertiary/aromatic N) is 2. The van der Waals surface area contributed by atoms with Gasteiger partial charge in [-0.25, -0.2) is 13.1 Å². The highest BCUT2D eigenvalue weighted by Crippen LogP contribution is 2.20. The van der Waals surface area contributed by atoms with E-state index in [1.165, 1.54) is 13.1 Å². The summed E-state index contributed by atoms with van der Waals surface area (Å²) in [5.74, 6) is 0.552. The largest absolute Gasteiger partial charge is 0.339 e. The van der Waals surface area contributed by atoms with Crippen LogP contribution in [0, 0.1) is 13.8 Å². The summed E-state index contributed by atoms with van der Waals surface area (Å²) >= 11 is 0. The first-order chi connectivity index (χ1) is 13.8. The van der Waals surface area contributed by atoms with Crippen LogP contribution >= 0.6 is 0 Å². The van der Waals surface area contributed by atoms with E-state index in [2.05, 4.69) is 20.2 Å². The molecule has 1 amide bonds. The Morgan fingerprint density at radius 3 is 2.52 bits per heavy atom. The molecular weight excluding hydrogens is 392 g/mol. The molecule has 0 aliphatic heterocycles. The standard InChI is InChI=1S/C20H22N4O4S/c1-13-4-7-15(8-5-13)20-23-19(28-24-20)11-10-18(25)22-16-9-6-14(2)17(12-16)29(26,27)21-3/h4-9,12,21H,10-11H2,1-3H3,(H,22,25). The Hall–Kier alpha value is -3.04. The van der Waals surface area contributed by atoms with Gasteiger partial charge in [0.1, 0.15) is 0 Å². The first-order valence-corrected chi connectivity index (χ1v) is 10.5. The molecule has 2 aromatic carbocycles. The van der Waals surface area contributed by atoms with Crippen LogP contribution in [-0.2, 0) is 21.2 Å². The van der Waals surface area contributed by atoms with Gasteiger partial charge in [-0.1, -0.05) is 41.1 Å². The van der Waals surface area contributed by atoms with Crippen LogP contribution in [0.4, 0.5) is 5.69 Å². The molecule has 0 fully saturated rings. The zero-order valence-corrected chi connectivity index (χ0v) is 17.2. The monoisotopic (exact) mass is 414 g/mol. The van der Waals surface area contributed by atoms with Crippen LogP contribution in [0.2, 0.25) is 0 Å². The van der Waals surface area contributed by atoms with Crippen LogP contribution in [0.15, 0.2) is 51.9 Å². The highest BCUT2D eigenvalue weighted by atomic mass is 32.2. The van der Waals surface area contributed by atoms with E-state index in [0.717, 1.165) is 11.1 Å². The van der Waals surface area contributed by atoms with Gasteiger partial charge < -0.3 is 9.84 Å². The van der Waals surface area contributed by atoms with E-state index in [0.29, 0.717) is 23.0 Å². The van der Waals surface area contributed by atoms with Crippen molar-refractivity contribution in [2.24, 2.45) is 0 Å². The average molecular weight is 414 g/mol. The zero-order valence-electron chi connectivity index (χ0n) is 16.4. The van der Waals surface area contributed by atoms with Crippen molar-refractivity contribution in [2.75, 3.05) is 12.4 Å². The Balaban J connectivity index is 1.62.